The van der Waals surface area contributed by atoms with Crippen molar-refractivity contribution in [2.45, 2.75) is 38.3 Å². The van der Waals surface area contributed by atoms with Crippen LogP contribution in [0.1, 0.15) is 37.8 Å². The monoisotopic (exact) mass is 348 g/mol. The number of nitrogens with zero attached hydrogens (tertiary/aromatic N) is 1. The third-order valence-corrected chi connectivity index (χ3v) is 4.53. The van der Waals surface area contributed by atoms with Crippen LogP contribution in [0, 0.1) is 0 Å². The molecule has 2 rings (SSSR count). The maximum atomic E-state index is 12.3. The minimum absolute atomic E-state index is 0.0409. The van der Waals surface area contributed by atoms with Crippen LogP contribution in [0.5, 0.6) is 5.75 Å². The number of piperidine rings is 1. The fraction of sp³-hybridized carbons (Fsp3) is 0.556. The molecule has 3 amide bonds. The predicted octanol–water partition coefficient (Wildman–Crippen LogP) is 1.40. The Balaban J connectivity index is 1.81. The number of benzene rings is 1. The van der Waals surface area contributed by atoms with E-state index in [9.17, 15) is 9.59 Å². The second-order valence-corrected chi connectivity index (χ2v) is 6.37. The number of nitrogens with two attached hydrogens (primary N) is 1. The van der Waals surface area contributed by atoms with E-state index in [1.54, 1.807) is 7.11 Å². The molecule has 0 saturated carbocycles. The number of ether oxygens (including phenoxy) is 1. The lowest BCUT2D eigenvalue weighted by molar-refractivity contribution is -0.119. The molecule has 0 bridgehead atoms. The van der Waals surface area contributed by atoms with Crippen molar-refractivity contribution in [2.75, 3.05) is 26.7 Å². The Hall–Kier alpha value is -2.28. The number of carbonyl (C=O) groups is 2. The zero-order valence-corrected chi connectivity index (χ0v) is 15.0. The maximum Gasteiger partial charge on any atom is 0.315 e. The standard InChI is InChI=1S/C18H28N4O3/c1-3-16(13-4-6-15(25-2)7-5-13)21-18(24)20-14-8-10-22(11-9-14)12-17(19)23/h4-7,14,16H,3,8-12H2,1-2H3,(H2,19,23)(H2,20,21,24). The molecule has 25 heavy (non-hydrogen) atoms. The zero-order valence-electron chi connectivity index (χ0n) is 15.0. The molecule has 1 aromatic carbocycles. The number of amides is 3. The van der Waals surface area contributed by atoms with Crippen LogP contribution in [0.3, 0.4) is 0 Å². The molecule has 1 saturated heterocycles. The molecule has 0 radical (unpaired) electrons. The number of methoxy groups -OCH3 is 1. The van der Waals surface area contributed by atoms with E-state index in [0.717, 1.165) is 43.7 Å². The van der Waals surface area contributed by atoms with E-state index in [1.165, 1.54) is 0 Å². The summed E-state index contributed by atoms with van der Waals surface area (Å²) in [7, 11) is 1.63. The molecule has 4 N–H and O–H groups in total. The van der Waals surface area contributed by atoms with Gasteiger partial charge in [-0.05, 0) is 37.0 Å². The summed E-state index contributed by atoms with van der Waals surface area (Å²) in [5.41, 5.74) is 6.26. The van der Waals surface area contributed by atoms with Crippen molar-refractivity contribution < 1.29 is 14.3 Å². The fourth-order valence-corrected chi connectivity index (χ4v) is 3.10. The molecule has 7 heteroatoms. The van der Waals surface area contributed by atoms with Gasteiger partial charge in [-0.25, -0.2) is 4.79 Å². The molecule has 0 aromatic heterocycles. The Morgan fingerprint density at radius 1 is 1.28 bits per heavy atom. The van der Waals surface area contributed by atoms with Gasteiger partial charge < -0.3 is 21.1 Å². The third kappa shape index (κ3) is 5.94. The molecule has 1 unspecified atom stereocenters. The molecule has 1 atom stereocenters. The number of primary amides is 1. The maximum absolute atomic E-state index is 12.3. The van der Waals surface area contributed by atoms with E-state index < -0.39 is 0 Å². The van der Waals surface area contributed by atoms with Gasteiger partial charge in [0.1, 0.15) is 5.75 Å². The lowest BCUT2D eigenvalue weighted by atomic mass is 10.0. The van der Waals surface area contributed by atoms with Crippen LogP contribution in [-0.2, 0) is 4.79 Å². The van der Waals surface area contributed by atoms with E-state index in [2.05, 4.69) is 10.6 Å². The molecular formula is C18H28N4O3. The first-order chi connectivity index (χ1) is 12.0. The minimum Gasteiger partial charge on any atom is -0.497 e. The van der Waals surface area contributed by atoms with Crippen LogP contribution in [0.2, 0.25) is 0 Å². The first-order valence-electron chi connectivity index (χ1n) is 8.73. The average molecular weight is 348 g/mol. The summed E-state index contributed by atoms with van der Waals surface area (Å²) < 4.78 is 5.16. The van der Waals surface area contributed by atoms with Gasteiger partial charge in [-0.15, -0.1) is 0 Å². The Labute approximate surface area is 148 Å². The van der Waals surface area contributed by atoms with Gasteiger partial charge in [-0.3, -0.25) is 9.69 Å². The number of likely N-dealkylation sites (tertiary alicyclic amines) is 1. The van der Waals surface area contributed by atoms with Crippen LogP contribution in [-0.4, -0.2) is 49.6 Å². The summed E-state index contributed by atoms with van der Waals surface area (Å²) in [5, 5.41) is 6.06. The highest BCUT2D eigenvalue weighted by molar-refractivity contribution is 5.76. The highest BCUT2D eigenvalue weighted by Gasteiger charge is 2.22. The molecule has 0 spiro atoms. The quantitative estimate of drug-likeness (QED) is 0.694. The summed E-state index contributed by atoms with van der Waals surface area (Å²) >= 11 is 0. The summed E-state index contributed by atoms with van der Waals surface area (Å²) in [6, 6.07) is 7.65. The van der Waals surface area contributed by atoms with E-state index in [-0.39, 0.29) is 30.6 Å². The summed E-state index contributed by atoms with van der Waals surface area (Å²) in [5.74, 6) is 0.486. The van der Waals surface area contributed by atoms with Gasteiger partial charge in [0.25, 0.3) is 0 Å². The van der Waals surface area contributed by atoms with Gasteiger partial charge in [-0.2, -0.15) is 0 Å². The van der Waals surface area contributed by atoms with E-state index in [1.807, 2.05) is 36.1 Å². The van der Waals surface area contributed by atoms with Crippen LogP contribution >= 0.6 is 0 Å². The molecule has 1 fully saturated rings. The number of hydrogen-bond acceptors (Lipinski definition) is 4. The van der Waals surface area contributed by atoms with Crippen LogP contribution in [0.25, 0.3) is 0 Å². The van der Waals surface area contributed by atoms with Crippen molar-refractivity contribution >= 4 is 11.9 Å². The lowest BCUT2D eigenvalue weighted by Crippen LogP contribution is -2.49. The van der Waals surface area contributed by atoms with Gasteiger partial charge in [-0.1, -0.05) is 19.1 Å². The molecule has 138 valence electrons. The van der Waals surface area contributed by atoms with Crippen LogP contribution < -0.4 is 21.1 Å². The fourth-order valence-electron chi connectivity index (χ4n) is 3.10. The van der Waals surface area contributed by atoms with Crippen LogP contribution in [0.4, 0.5) is 4.79 Å². The zero-order chi connectivity index (χ0) is 18.2. The third-order valence-electron chi connectivity index (χ3n) is 4.53. The molecule has 1 aromatic rings. The normalized spacial score (nSPS) is 16.9. The minimum atomic E-state index is -0.311. The Bertz CT molecular complexity index is 568. The average Bonchev–Trinajstić information content (AvgIpc) is 2.61. The summed E-state index contributed by atoms with van der Waals surface area (Å²) in [6.07, 6.45) is 2.44. The Kier molecular flexibility index (Phi) is 7.06. The highest BCUT2D eigenvalue weighted by Crippen LogP contribution is 2.20. The van der Waals surface area contributed by atoms with Gasteiger partial charge in [0.05, 0.1) is 19.7 Å². The molecule has 0 aliphatic carbocycles. The van der Waals surface area contributed by atoms with Crippen molar-refractivity contribution in [2.24, 2.45) is 5.73 Å². The largest absolute Gasteiger partial charge is 0.497 e. The first-order valence-corrected chi connectivity index (χ1v) is 8.73. The highest BCUT2D eigenvalue weighted by atomic mass is 16.5. The molecule has 1 heterocycles. The van der Waals surface area contributed by atoms with Crippen LogP contribution in [0.15, 0.2) is 24.3 Å². The van der Waals surface area contributed by atoms with Crippen molar-refractivity contribution in [1.82, 2.24) is 15.5 Å². The van der Waals surface area contributed by atoms with E-state index >= 15 is 0 Å². The number of urea groups is 1. The molecule has 1 aliphatic rings. The second-order valence-electron chi connectivity index (χ2n) is 6.37. The predicted molar refractivity (Wildman–Crippen MR) is 96.3 cm³/mol. The lowest BCUT2D eigenvalue weighted by Gasteiger charge is -2.31. The van der Waals surface area contributed by atoms with E-state index in [4.69, 9.17) is 10.5 Å². The van der Waals surface area contributed by atoms with Crippen molar-refractivity contribution in [1.29, 1.82) is 0 Å². The Morgan fingerprint density at radius 3 is 2.44 bits per heavy atom. The second kappa shape index (κ2) is 9.27. The first kappa shape index (κ1) is 19.1. The van der Waals surface area contributed by atoms with Gasteiger partial charge >= 0.3 is 6.03 Å². The SMILES string of the molecule is CCC(NC(=O)NC1CCN(CC(N)=O)CC1)c1ccc(OC)cc1. The molecular weight excluding hydrogens is 320 g/mol. The number of rotatable bonds is 7. The van der Waals surface area contributed by atoms with Gasteiger partial charge in [0.2, 0.25) is 5.91 Å². The molecule has 1 aliphatic heterocycles. The van der Waals surface area contributed by atoms with Crippen molar-refractivity contribution in [3.8, 4) is 5.75 Å². The van der Waals surface area contributed by atoms with E-state index in [0.29, 0.717) is 0 Å². The summed E-state index contributed by atoms with van der Waals surface area (Å²) in [4.78, 5) is 25.3. The summed E-state index contributed by atoms with van der Waals surface area (Å²) in [6.45, 7) is 3.86. The molecule has 7 nitrogen and oxygen atoms in total. The number of nitrogens with one attached hydrogen (secondary N) is 2. The Morgan fingerprint density at radius 2 is 1.92 bits per heavy atom. The van der Waals surface area contributed by atoms with Crippen molar-refractivity contribution in [3.05, 3.63) is 29.8 Å². The number of hydrogen-bond donors (Lipinski definition) is 3. The van der Waals surface area contributed by atoms with Gasteiger partial charge in [0, 0.05) is 19.1 Å². The topological polar surface area (TPSA) is 96.7 Å². The van der Waals surface area contributed by atoms with Crippen molar-refractivity contribution in [3.63, 3.8) is 0 Å². The number of carbonyl (C=O) groups excluding carboxylic acids is 2. The van der Waals surface area contributed by atoms with Gasteiger partial charge in [0.15, 0.2) is 0 Å². The smallest absolute Gasteiger partial charge is 0.315 e.